The van der Waals surface area contributed by atoms with E-state index < -0.39 is 17.8 Å². The van der Waals surface area contributed by atoms with E-state index in [1.165, 1.54) is 6.21 Å². The largest absolute Gasteiger partial charge is 0.494 e. The van der Waals surface area contributed by atoms with Crippen molar-refractivity contribution in [2.75, 3.05) is 13.2 Å². The summed E-state index contributed by atoms with van der Waals surface area (Å²) in [5, 5.41) is 6.92. The number of nitrogens with zero attached hydrogens (tertiary/aromatic N) is 1. The molecule has 35 heavy (non-hydrogen) atoms. The zero-order valence-corrected chi connectivity index (χ0v) is 20.9. The minimum Gasteiger partial charge on any atom is -0.494 e. The van der Waals surface area contributed by atoms with Gasteiger partial charge in [0.15, 0.2) is 0 Å². The van der Waals surface area contributed by atoms with Crippen LogP contribution in [-0.4, -0.2) is 37.1 Å². The van der Waals surface area contributed by atoms with Crippen molar-refractivity contribution in [1.29, 1.82) is 0 Å². The van der Waals surface area contributed by atoms with Crippen LogP contribution in [0.25, 0.3) is 0 Å². The van der Waals surface area contributed by atoms with Crippen molar-refractivity contribution in [3.8, 4) is 11.5 Å². The van der Waals surface area contributed by atoms with E-state index in [1.807, 2.05) is 6.92 Å². The number of esters is 1. The first-order valence-corrected chi connectivity index (χ1v) is 11.6. The van der Waals surface area contributed by atoms with Gasteiger partial charge in [-0.1, -0.05) is 27.5 Å². The molecule has 10 heteroatoms. The van der Waals surface area contributed by atoms with Gasteiger partial charge in [-0.2, -0.15) is 5.10 Å². The Hall–Kier alpha value is -3.69. The third kappa shape index (κ3) is 7.94. The average molecular weight is 559 g/mol. The third-order valence-electron chi connectivity index (χ3n) is 4.48. The van der Waals surface area contributed by atoms with Gasteiger partial charge in [-0.3, -0.25) is 9.59 Å². The van der Waals surface area contributed by atoms with Crippen molar-refractivity contribution in [2.24, 2.45) is 5.10 Å². The summed E-state index contributed by atoms with van der Waals surface area (Å²) in [7, 11) is 0. The molecular weight excluding hydrogens is 538 g/mol. The van der Waals surface area contributed by atoms with E-state index in [4.69, 9.17) is 21.1 Å². The molecule has 0 fully saturated rings. The van der Waals surface area contributed by atoms with Gasteiger partial charge in [0.05, 0.1) is 24.9 Å². The lowest BCUT2D eigenvalue weighted by molar-refractivity contribution is -0.120. The maximum absolute atomic E-state index is 12.4. The van der Waals surface area contributed by atoms with Gasteiger partial charge in [0.2, 0.25) is 0 Å². The van der Waals surface area contributed by atoms with Crippen molar-refractivity contribution in [3.63, 3.8) is 0 Å². The van der Waals surface area contributed by atoms with Crippen LogP contribution in [0.1, 0.15) is 33.2 Å². The zero-order valence-electron chi connectivity index (χ0n) is 18.6. The number of carbonyl (C=O) groups is 3. The molecule has 2 amide bonds. The number of rotatable bonds is 9. The summed E-state index contributed by atoms with van der Waals surface area (Å²) in [6.07, 6.45) is 1.33. The van der Waals surface area contributed by atoms with Gasteiger partial charge in [-0.25, -0.2) is 10.2 Å². The molecule has 0 spiro atoms. The van der Waals surface area contributed by atoms with Crippen LogP contribution < -0.4 is 20.2 Å². The predicted octanol–water partition coefficient (Wildman–Crippen LogP) is 4.60. The molecule has 0 radical (unpaired) electrons. The molecule has 0 atom stereocenters. The molecule has 0 bridgehead atoms. The van der Waals surface area contributed by atoms with E-state index in [-0.39, 0.29) is 12.3 Å². The van der Waals surface area contributed by atoms with Gasteiger partial charge < -0.3 is 14.8 Å². The number of hydrogen-bond donors (Lipinski definition) is 2. The number of halogens is 2. The van der Waals surface area contributed by atoms with Crippen LogP contribution >= 0.6 is 27.5 Å². The molecule has 3 aromatic carbocycles. The molecule has 0 aliphatic heterocycles. The molecule has 3 rings (SSSR count). The maximum atomic E-state index is 12.4. The van der Waals surface area contributed by atoms with Crippen LogP contribution in [0.3, 0.4) is 0 Å². The zero-order chi connectivity index (χ0) is 25.2. The summed E-state index contributed by atoms with van der Waals surface area (Å²) in [6, 6.07) is 17.8. The SMILES string of the molecule is CCOc1ccc(C(=O)NCC(=O)N/N=C\c2cc(Br)ccc2OC(=O)c2ccc(Cl)cc2)cc1. The molecule has 0 aromatic heterocycles. The summed E-state index contributed by atoms with van der Waals surface area (Å²) in [6.45, 7) is 2.12. The van der Waals surface area contributed by atoms with Crippen molar-refractivity contribution in [1.82, 2.24) is 10.7 Å². The molecule has 8 nitrogen and oxygen atoms in total. The number of amides is 2. The molecule has 180 valence electrons. The first kappa shape index (κ1) is 25.9. The van der Waals surface area contributed by atoms with Crippen LogP contribution in [-0.2, 0) is 4.79 Å². The van der Waals surface area contributed by atoms with Crippen LogP contribution in [0.4, 0.5) is 0 Å². The highest BCUT2D eigenvalue weighted by Crippen LogP contribution is 2.23. The Labute approximate surface area is 215 Å². The predicted molar refractivity (Wildman–Crippen MR) is 136 cm³/mol. The van der Waals surface area contributed by atoms with Crippen molar-refractivity contribution in [3.05, 3.63) is 92.9 Å². The minimum absolute atomic E-state index is 0.245. The lowest BCUT2D eigenvalue weighted by Crippen LogP contribution is -2.34. The van der Waals surface area contributed by atoms with Gasteiger partial charge in [0, 0.05) is 20.6 Å². The van der Waals surface area contributed by atoms with Gasteiger partial charge in [-0.05, 0) is 73.7 Å². The topological polar surface area (TPSA) is 106 Å². The molecular formula is C25H21BrClN3O5. The summed E-state index contributed by atoms with van der Waals surface area (Å²) < 4.78 is 11.5. The fraction of sp³-hybridized carbons (Fsp3) is 0.120. The summed E-state index contributed by atoms with van der Waals surface area (Å²) in [5.74, 6) is -0.609. The Morgan fingerprint density at radius 3 is 2.37 bits per heavy atom. The van der Waals surface area contributed by atoms with E-state index in [9.17, 15) is 14.4 Å². The highest BCUT2D eigenvalue weighted by atomic mass is 79.9. The van der Waals surface area contributed by atoms with Gasteiger partial charge in [-0.15, -0.1) is 0 Å². The average Bonchev–Trinajstić information content (AvgIpc) is 2.85. The molecule has 0 heterocycles. The lowest BCUT2D eigenvalue weighted by Gasteiger charge is -2.08. The lowest BCUT2D eigenvalue weighted by atomic mass is 10.2. The van der Waals surface area contributed by atoms with Crippen LogP contribution in [0.5, 0.6) is 11.5 Å². The number of ether oxygens (including phenoxy) is 2. The molecule has 3 aromatic rings. The highest BCUT2D eigenvalue weighted by molar-refractivity contribution is 9.10. The number of carbonyl (C=O) groups excluding carboxylic acids is 3. The Morgan fingerprint density at radius 1 is 1.00 bits per heavy atom. The van der Waals surface area contributed by atoms with Crippen LogP contribution in [0.2, 0.25) is 5.02 Å². The number of hydrazone groups is 1. The highest BCUT2D eigenvalue weighted by Gasteiger charge is 2.12. The Balaban J connectivity index is 1.55. The normalized spacial score (nSPS) is 10.6. The second-order valence-corrected chi connectivity index (χ2v) is 8.36. The van der Waals surface area contributed by atoms with E-state index in [1.54, 1.807) is 66.7 Å². The number of benzene rings is 3. The standard InChI is InChI=1S/C25H21BrClN3O5/c1-2-34-21-10-5-16(6-11-21)24(32)28-15-23(31)30-29-14-18-13-19(26)7-12-22(18)35-25(33)17-3-8-20(27)9-4-17/h3-14H,2,15H2,1H3,(H,28,32)(H,30,31)/b29-14-. The summed E-state index contributed by atoms with van der Waals surface area (Å²) in [5.41, 5.74) is 3.50. The van der Waals surface area contributed by atoms with Crippen molar-refractivity contribution >= 4 is 51.5 Å². The molecule has 0 unspecified atom stereocenters. The summed E-state index contributed by atoms with van der Waals surface area (Å²) >= 11 is 9.20. The van der Waals surface area contributed by atoms with E-state index in [0.717, 1.165) is 4.47 Å². The fourth-order valence-electron chi connectivity index (χ4n) is 2.80. The van der Waals surface area contributed by atoms with E-state index in [0.29, 0.717) is 34.1 Å². The first-order chi connectivity index (χ1) is 16.9. The molecule has 0 aliphatic rings. The molecule has 2 N–H and O–H groups in total. The van der Waals surface area contributed by atoms with Gasteiger partial charge in [0.1, 0.15) is 11.5 Å². The van der Waals surface area contributed by atoms with Crippen LogP contribution in [0, 0.1) is 0 Å². The summed E-state index contributed by atoms with van der Waals surface area (Å²) in [4.78, 5) is 36.7. The van der Waals surface area contributed by atoms with Gasteiger partial charge >= 0.3 is 5.97 Å². The maximum Gasteiger partial charge on any atom is 0.343 e. The smallest absolute Gasteiger partial charge is 0.343 e. The third-order valence-corrected chi connectivity index (χ3v) is 5.23. The molecule has 0 aliphatic carbocycles. The Kier molecular flexibility index (Phi) is 9.39. The fourth-order valence-corrected chi connectivity index (χ4v) is 3.31. The monoisotopic (exact) mass is 557 g/mol. The Bertz CT molecular complexity index is 1230. The number of nitrogens with one attached hydrogen (secondary N) is 2. The van der Waals surface area contributed by atoms with Crippen molar-refractivity contribution < 1.29 is 23.9 Å². The van der Waals surface area contributed by atoms with Crippen molar-refractivity contribution in [2.45, 2.75) is 6.92 Å². The molecule has 0 saturated carbocycles. The van der Waals surface area contributed by atoms with Crippen LogP contribution in [0.15, 0.2) is 76.3 Å². The molecule has 0 saturated heterocycles. The quantitative estimate of drug-likeness (QED) is 0.173. The van der Waals surface area contributed by atoms with E-state index >= 15 is 0 Å². The minimum atomic E-state index is -0.570. The Morgan fingerprint density at radius 2 is 1.69 bits per heavy atom. The first-order valence-electron chi connectivity index (χ1n) is 10.5. The number of hydrogen-bond acceptors (Lipinski definition) is 6. The second kappa shape index (κ2) is 12.7. The second-order valence-electron chi connectivity index (χ2n) is 7.01. The van der Waals surface area contributed by atoms with Gasteiger partial charge in [0.25, 0.3) is 11.8 Å². The van der Waals surface area contributed by atoms with E-state index in [2.05, 4.69) is 31.8 Å².